The maximum Gasteiger partial charge on any atom is 0.325 e. The molecule has 1 aliphatic rings. The Kier molecular flexibility index (Phi) is 3.03. The van der Waals surface area contributed by atoms with Crippen molar-refractivity contribution in [3.63, 3.8) is 0 Å². The Bertz CT molecular complexity index is 440. The Balaban J connectivity index is 1.96. The minimum Gasteiger partial charge on any atom is -0.480 e. The Labute approximate surface area is 98.0 Å². The quantitative estimate of drug-likeness (QED) is 0.711. The topological polar surface area (TPSA) is 91.6 Å². The molecule has 0 bridgehead atoms. The third kappa shape index (κ3) is 2.41. The molecule has 1 amide bonds. The predicted molar refractivity (Wildman–Crippen MR) is 59.6 cm³/mol. The van der Waals surface area contributed by atoms with Gasteiger partial charge >= 0.3 is 5.97 Å². The van der Waals surface area contributed by atoms with Gasteiger partial charge in [0, 0.05) is 12.1 Å². The monoisotopic (exact) mass is 238 g/mol. The van der Waals surface area contributed by atoms with Gasteiger partial charge in [-0.15, -0.1) is 0 Å². The summed E-state index contributed by atoms with van der Waals surface area (Å²) in [5, 5.41) is 14.2. The Morgan fingerprint density at radius 2 is 2.35 bits per heavy atom. The average Bonchev–Trinajstić information content (AvgIpc) is 2.75. The zero-order chi connectivity index (χ0) is 12.4. The fourth-order valence-corrected chi connectivity index (χ4v) is 1.79. The van der Waals surface area contributed by atoms with Crippen LogP contribution in [0.4, 0.5) is 5.69 Å². The van der Waals surface area contributed by atoms with E-state index in [1.165, 1.54) is 6.92 Å². The maximum absolute atomic E-state index is 11.8. The molecule has 92 valence electrons. The molecule has 1 aliphatic heterocycles. The summed E-state index contributed by atoms with van der Waals surface area (Å²) in [6, 6.07) is -0.867. The molecule has 2 rings (SSSR count). The Hall–Kier alpha value is -1.98. The van der Waals surface area contributed by atoms with E-state index in [1.807, 2.05) is 0 Å². The molecule has 0 fully saturated rings. The van der Waals surface area contributed by atoms with Crippen molar-refractivity contribution in [2.24, 2.45) is 5.92 Å². The fourth-order valence-electron chi connectivity index (χ4n) is 1.79. The van der Waals surface area contributed by atoms with Crippen molar-refractivity contribution in [1.29, 1.82) is 0 Å². The highest BCUT2D eigenvalue weighted by molar-refractivity contribution is 5.85. The summed E-state index contributed by atoms with van der Waals surface area (Å²) in [6.07, 6.45) is 3.77. The number of hydrogen-bond acceptors (Lipinski definition) is 4. The Morgan fingerprint density at radius 1 is 1.59 bits per heavy atom. The predicted octanol–water partition coefficient (Wildman–Crippen LogP) is 0.453. The van der Waals surface area contributed by atoms with E-state index < -0.39 is 12.0 Å². The van der Waals surface area contributed by atoms with Crippen molar-refractivity contribution in [1.82, 2.24) is 5.32 Å². The summed E-state index contributed by atoms with van der Waals surface area (Å²) in [5.74, 6) is -1.55. The molecule has 6 heteroatoms. The highest BCUT2D eigenvalue weighted by Crippen LogP contribution is 2.25. The van der Waals surface area contributed by atoms with Crippen molar-refractivity contribution >= 4 is 17.6 Å². The maximum atomic E-state index is 11.8. The smallest absolute Gasteiger partial charge is 0.325 e. The lowest BCUT2D eigenvalue weighted by atomic mass is 9.95. The highest BCUT2D eigenvalue weighted by Gasteiger charge is 2.27. The molecule has 0 aliphatic carbocycles. The SMILES string of the molecule is CC(NC(=O)C1CNc2cocc2C1)C(=O)O. The van der Waals surface area contributed by atoms with Crippen LogP contribution in [0, 0.1) is 5.92 Å². The highest BCUT2D eigenvalue weighted by atomic mass is 16.4. The zero-order valence-electron chi connectivity index (χ0n) is 9.40. The van der Waals surface area contributed by atoms with Gasteiger partial charge in [0.25, 0.3) is 0 Å². The summed E-state index contributed by atoms with van der Waals surface area (Å²) < 4.78 is 5.03. The lowest BCUT2D eigenvalue weighted by Crippen LogP contribution is -2.44. The standard InChI is InChI=1S/C11H14N2O4/c1-6(11(15)16)13-10(14)7-2-8-4-17-5-9(8)12-3-7/h4-7,12H,2-3H2,1H3,(H,13,14)(H,15,16). The van der Waals surface area contributed by atoms with Crippen LogP contribution in [0.2, 0.25) is 0 Å². The molecule has 0 radical (unpaired) electrons. The zero-order valence-corrected chi connectivity index (χ0v) is 9.40. The number of anilines is 1. The fraction of sp³-hybridized carbons (Fsp3) is 0.455. The van der Waals surface area contributed by atoms with E-state index in [0.29, 0.717) is 13.0 Å². The van der Waals surface area contributed by atoms with Crippen LogP contribution in [0.3, 0.4) is 0 Å². The molecule has 6 nitrogen and oxygen atoms in total. The van der Waals surface area contributed by atoms with Crippen LogP contribution >= 0.6 is 0 Å². The lowest BCUT2D eigenvalue weighted by molar-refractivity contribution is -0.141. The molecule has 0 aromatic carbocycles. The van der Waals surface area contributed by atoms with Crippen LogP contribution in [0.15, 0.2) is 16.9 Å². The van der Waals surface area contributed by atoms with Crippen molar-refractivity contribution in [3.8, 4) is 0 Å². The molecule has 1 aromatic heterocycles. The van der Waals surface area contributed by atoms with E-state index in [2.05, 4.69) is 10.6 Å². The first-order valence-electron chi connectivity index (χ1n) is 5.40. The largest absolute Gasteiger partial charge is 0.480 e. The number of furan rings is 1. The minimum absolute atomic E-state index is 0.251. The van der Waals surface area contributed by atoms with E-state index in [1.54, 1.807) is 12.5 Å². The van der Waals surface area contributed by atoms with Crippen molar-refractivity contribution in [3.05, 3.63) is 18.1 Å². The number of carbonyl (C=O) groups excluding carboxylic acids is 1. The van der Waals surface area contributed by atoms with Gasteiger partial charge in [0.15, 0.2) is 0 Å². The first-order valence-corrected chi connectivity index (χ1v) is 5.40. The van der Waals surface area contributed by atoms with Gasteiger partial charge in [-0.25, -0.2) is 0 Å². The minimum atomic E-state index is -1.04. The third-order valence-corrected chi connectivity index (χ3v) is 2.85. The number of hydrogen-bond donors (Lipinski definition) is 3. The molecule has 0 saturated carbocycles. The van der Waals surface area contributed by atoms with Crippen LogP contribution in [0.1, 0.15) is 12.5 Å². The second-order valence-electron chi connectivity index (χ2n) is 4.16. The summed E-state index contributed by atoms with van der Waals surface area (Å²) >= 11 is 0. The molecular weight excluding hydrogens is 224 g/mol. The summed E-state index contributed by atoms with van der Waals surface area (Å²) in [5.41, 5.74) is 1.85. The second-order valence-corrected chi connectivity index (χ2v) is 4.16. The van der Waals surface area contributed by atoms with Gasteiger partial charge in [0.1, 0.15) is 12.3 Å². The molecule has 2 heterocycles. The molecule has 3 N–H and O–H groups in total. The molecule has 0 spiro atoms. The number of rotatable bonds is 3. The van der Waals surface area contributed by atoms with E-state index in [4.69, 9.17) is 9.52 Å². The van der Waals surface area contributed by atoms with Crippen molar-refractivity contribution in [2.75, 3.05) is 11.9 Å². The molecule has 17 heavy (non-hydrogen) atoms. The van der Waals surface area contributed by atoms with Crippen molar-refractivity contribution < 1.29 is 19.1 Å². The number of carboxylic acids is 1. The number of aliphatic carboxylic acids is 1. The molecule has 2 atom stereocenters. The van der Waals surface area contributed by atoms with E-state index in [-0.39, 0.29) is 11.8 Å². The van der Waals surface area contributed by atoms with Gasteiger partial charge in [-0.3, -0.25) is 9.59 Å². The van der Waals surface area contributed by atoms with Crippen LogP contribution in [-0.2, 0) is 16.0 Å². The molecule has 2 unspecified atom stereocenters. The molecular formula is C11H14N2O4. The normalized spacial score (nSPS) is 19.9. The average molecular weight is 238 g/mol. The van der Waals surface area contributed by atoms with E-state index >= 15 is 0 Å². The number of fused-ring (bicyclic) bond motifs is 1. The summed E-state index contributed by atoms with van der Waals surface area (Å²) in [4.78, 5) is 22.4. The molecule has 1 aromatic rings. The van der Waals surface area contributed by atoms with Gasteiger partial charge in [-0.05, 0) is 13.3 Å². The van der Waals surface area contributed by atoms with Crippen LogP contribution in [0.25, 0.3) is 0 Å². The van der Waals surface area contributed by atoms with Crippen LogP contribution in [0.5, 0.6) is 0 Å². The first kappa shape index (κ1) is 11.5. The van der Waals surface area contributed by atoms with Gasteiger partial charge in [-0.2, -0.15) is 0 Å². The van der Waals surface area contributed by atoms with E-state index in [0.717, 1.165) is 11.3 Å². The number of carboxylic acid groups (broad SMARTS) is 1. The summed E-state index contributed by atoms with van der Waals surface area (Å²) in [7, 11) is 0. The summed E-state index contributed by atoms with van der Waals surface area (Å²) in [6.45, 7) is 1.93. The number of amides is 1. The lowest BCUT2D eigenvalue weighted by Gasteiger charge is -2.23. The van der Waals surface area contributed by atoms with Crippen molar-refractivity contribution in [2.45, 2.75) is 19.4 Å². The Morgan fingerprint density at radius 3 is 3.06 bits per heavy atom. The van der Waals surface area contributed by atoms with Gasteiger partial charge in [0.05, 0.1) is 17.9 Å². The van der Waals surface area contributed by atoms with Gasteiger partial charge in [-0.1, -0.05) is 0 Å². The third-order valence-electron chi connectivity index (χ3n) is 2.85. The van der Waals surface area contributed by atoms with Gasteiger partial charge < -0.3 is 20.2 Å². The van der Waals surface area contributed by atoms with Crippen LogP contribution in [-0.4, -0.2) is 29.6 Å². The van der Waals surface area contributed by atoms with E-state index in [9.17, 15) is 9.59 Å². The molecule has 0 saturated heterocycles. The van der Waals surface area contributed by atoms with Gasteiger partial charge in [0.2, 0.25) is 5.91 Å². The second kappa shape index (κ2) is 4.48. The number of carbonyl (C=O) groups is 2. The van der Waals surface area contributed by atoms with Crippen LogP contribution < -0.4 is 10.6 Å². The first-order chi connectivity index (χ1) is 8.08. The number of nitrogens with one attached hydrogen (secondary N) is 2.